The molecule has 31 heavy (non-hydrogen) atoms. The molecule has 5 nitrogen and oxygen atoms in total. The predicted octanol–water partition coefficient (Wildman–Crippen LogP) is 4.35. The number of nitrogens with one attached hydrogen (secondary N) is 1. The molecule has 3 amide bonds. The Morgan fingerprint density at radius 2 is 1.68 bits per heavy atom. The molecule has 0 radical (unpaired) electrons. The Kier molecular flexibility index (Phi) is 4.83. The zero-order chi connectivity index (χ0) is 21.4. The molecule has 1 N–H and O–H groups in total. The van der Waals surface area contributed by atoms with Gasteiger partial charge in [-0.3, -0.25) is 9.69 Å². The normalized spacial score (nSPS) is 22.0. The summed E-state index contributed by atoms with van der Waals surface area (Å²) in [6.07, 6.45) is 3.09. The highest BCUT2D eigenvalue weighted by Crippen LogP contribution is 2.31. The van der Waals surface area contributed by atoms with Gasteiger partial charge in [0.25, 0.3) is 5.91 Å². The Labute approximate surface area is 182 Å². The predicted molar refractivity (Wildman–Crippen MR) is 122 cm³/mol. The van der Waals surface area contributed by atoms with Crippen LogP contribution in [0.2, 0.25) is 0 Å². The van der Waals surface area contributed by atoms with Crippen LogP contribution in [0.5, 0.6) is 0 Å². The number of benzene rings is 3. The minimum Gasteiger partial charge on any atom is -0.319 e. The first-order valence-electron chi connectivity index (χ1n) is 10.6. The van der Waals surface area contributed by atoms with Gasteiger partial charge < -0.3 is 5.32 Å². The van der Waals surface area contributed by atoms with Gasteiger partial charge in [-0.2, -0.15) is 0 Å². The van der Waals surface area contributed by atoms with E-state index in [1.165, 1.54) is 16.0 Å². The van der Waals surface area contributed by atoms with Crippen LogP contribution in [0.25, 0.3) is 16.3 Å². The average Bonchev–Trinajstić information content (AvgIpc) is 3.03. The van der Waals surface area contributed by atoms with Crippen LogP contribution in [-0.4, -0.2) is 41.5 Å². The van der Waals surface area contributed by atoms with E-state index in [1.54, 1.807) is 6.92 Å². The van der Waals surface area contributed by atoms with Gasteiger partial charge in [-0.05, 0) is 46.9 Å². The SMILES string of the molecule is CC1(c2ccc3ccccc3c2)NC(=O)N(CN2CC=C(c3ccccc3)CC2)C1=O. The first kappa shape index (κ1) is 19.5. The van der Waals surface area contributed by atoms with Gasteiger partial charge in [0.15, 0.2) is 0 Å². The van der Waals surface area contributed by atoms with Crippen molar-refractivity contribution in [2.75, 3.05) is 19.8 Å². The Bertz CT molecular complexity index is 1190. The molecule has 0 aromatic heterocycles. The maximum absolute atomic E-state index is 13.3. The third-order valence-corrected chi connectivity index (χ3v) is 6.38. The monoisotopic (exact) mass is 411 g/mol. The van der Waals surface area contributed by atoms with Gasteiger partial charge in [0, 0.05) is 13.1 Å². The van der Waals surface area contributed by atoms with Crippen molar-refractivity contribution in [3.8, 4) is 0 Å². The number of carbonyl (C=O) groups excluding carboxylic acids is 2. The summed E-state index contributed by atoms with van der Waals surface area (Å²) in [5, 5.41) is 5.09. The van der Waals surface area contributed by atoms with Crippen molar-refractivity contribution in [3.63, 3.8) is 0 Å². The standard InChI is InChI=1S/C26H25N3O2/c1-26(23-12-11-20-9-5-6-10-22(20)17-23)24(30)29(25(31)27-26)18-28-15-13-21(14-16-28)19-7-3-2-4-8-19/h2-13,17H,14-16,18H2,1H3,(H,27,31). The Balaban J connectivity index is 1.33. The van der Waals surface area contributed by atoms with E-state index in [-0.39, 0.29) is 11.9 Å². The zero-order valence-corrected chi connectivity index (χ0v) is 17.5. The molecule has 5 heteroatoms. The maximum atomic E-state index is 13.3. The van der Waals surface area contributed by atoms with E-state index in [2.05, 4.69) is 28.4 Å². The van der Waals surface area contributed by atoms with Gasteiger partial charge in [0.2, 0.25) is 0 Å². The summed E-state index contributed by atoms with van der Waals surface area (Å²) >= 11 is 0. The van der Waals surface area contributed by atoms with Crippen molar-refractivity contribution in [2.24, 2.45) is 0 Å². The number of hydrogen-bond acceptors (Lipinski definition) is 3. The maximum Gasteiger partial charge on any atom is 0.326 e. The summed E-state index contributed by atoms with van der Waals surface area (Å²) in [6, 6.07) is 24.0. The van der Waals surface area contributed by atoms with Crippen LogP contribution in [-0.2, 0) is 10.3 Å². The van der Waals surface area contributed by atoms with Gasteiger partial charge in [-0.25, -0.2) is 9.69 Å². The second kappa shape index (κ2) is 7.67. The van der Waals surface area contributed by atoms with Crippen molar-refractivity contribution in [1.29, 1.82) is 0 Å². The molecule has 2 aliphatic heterocycles. The summed E-state index contributed by atoms with van der Waals surface area (Å²) in [5.74, 6) is -0.203. The van der Waals surface area contributed by atoms with Crippen LogP contribution in [0.1, 0.15) is 24.5 Å². The smallest absolute Gasteiger partial charge is 0.319 e. The summed E-state index contributed by atoms with van der Waals surface area (Å²) in [5.41, 5.74) is 2.30. The number of nitrogens with zero attached hydrogens (tertiary/aromatic N) is 2. The Morgan fingerprint density at radius 3 is 2.42 bits per heavy atom. The highest BCUT2D eigenvalue weighted by Gasteiger charge is 2.49. The second-order valence-corrected chi connectivity index (χ2v) is 8.41. The number of urea groups is 1. The summed E-state index contributed by atoms with van der Waals surface area (Å²) in [6.45, 7) is 3.62. The summed E-state index contributed by atoms with van der Waals surface area (Å²) in [7, 11) is 0. The molecule has 3 aromatic carbocycles. The van der Waals surface area contributed by atoms with E-state index < -0.39 is 5.54 Å². The molecule has 5 rings (SSSR count). The third-order valence-electron chi connectivity index (χ3n) is 6.38. The molecule has 1 atom stereocenters. The Morgan fingerprint density at radius 1 is 0.935 bits per heavy atom. The number of amides is 3. The van der Waals surface area contributed by atoms with E-state index in [0.29, 0.717) is 13.2 Å². The van der Waals surface area contributed by atoms with Crippen molar-refractivity contribution >= 4 is 28.3 Å². The lowest BCUT2D eigenvalue weighted by Crippen LogP contribution is -2.44. The third kappa shape index (κ3) is 3.51. The fraction of sp³-hybridized carbons (Fsp3) is 0.231. The van der Waals surface area contributed by atoms with E-state index >= 15 is 0 Å². The molecular formula is C26H25N3O2. The lowest BCUT2D eigenvalue weighted by Gasteiger charge is -2.30. The van der Waals surface area contributed by atoms with Gasteiger partial charge in [0.05, 0.1) is 6.67 Å². The van der Waals surface area contributed by atoms with Crippen molar-refractivity contribution in [2.45, 2.75) is 18.9 Å². The van der Waals surface area contributed by atoms with E-state index in [4.69, 9.17) is 0 Å². The van der Waals surface area contributed by atoms with Crippen molar-refractivity contribution in [1.82, 2.24) is 15.1 Å². The number of carbonyl (C=O) groups is 2. The van der Waals surface area contributed by atoms with Crippen LogP contribution in [0, 0.1) is 0 Å². The van der Waals surface area contributed by atoms with Crippen molar-refractivity contribution < 1.29 is 9.59 Å². The van der Waals surface area contributed by atoms with Gasteiger partial charge >= 0.3 is 6.03 Å². The largest absolute Gasteiger partial charge is 0.326 e. The number of rotatable bonds is 4. The Hall–Kier alpha value is -3.44. The molecule has 156 valence electrons. The highest BCUT2D eigenvalue weighted by molar-refractivity contribution is 6.07. The van der Waals surface area contributed by atoms with E-state index in [1.807, 2.05) is 60.7 Å². The first-order valence-corrected chi connectivity index (χ1v) is 10.6. The molecule has 1 unspecified atom stereocenters. The molecule has 0 spiro atoms. The molecular weight excluding hydrogens is 386 g/mol. The quantitative estimate of drug-likeness (QED) is 0.650. The number of imide groups is 1. The molecule has 1 saturated heterocycles. The van der Waals surface area contributed by atoms with Gasteiger partial charge in [-0.1, -0.05) is 72.8 Å². The molecule has 2 heterocycles. The van der Waals surface area contributed by atoms with E-state index in [0.717, 1.165) is 29.3 Å². The molecule has 1 fully saturated rings. The average molecular weight is 412 g/mol. The van der Waals surface area contributed by atoms with Crippen LogP contribution in [0.4, 0.5) is 4.79 Å². The first-order chi connectivity index (χ1) is 15.0. The summed E-state index contributed by atoms with van der Waals surface area (Å²) in [4.78, 5) is 29.6. The second-order valence-electron chi connectivity index (χ2n) is 8.41. The number of hydrogen-bond donors (Lipinski definition) is 1. The highest BCUT2D eigenvalue weighted by atomic mass is 16.2. The minimum atomic E-state index is -1.05. The van der Waals surface area contributed by atoms with Gasteiger partial charge in [0.1, 0.15) is 5.54 Å². The van der Waals surface area contributed by atoms with Gasteiger partial charge in [-0.15, -0.1) is 0 Å². The lowest BCUT2D eigenvalue weighted by molar-refractivity contribution is -0.132. The summed E-state index contributed by atoms with van der Waals surface area (Å²) < 4.78 is 0. The lowest BCUT2D eigenvalue weighted by atomic mass is 9.90. The van der Waals surface area contributed by atoms with Crippen LogP contribution in [0.15, 0.2) is 78.9 Å². The molecule has 0 saturated carbocycles. The molecule has 3 aromatic rings. The van der Waals surface area contributed by atoms with Crippen LogP contribution >= 0.6 is 0 Å². The minimum absolute atomic E-state index is 0.203. The fourth-order valence-corrected chi connectivity index (χ4v) is 4.48. The topological polar surface area (TPSA) is 52.7 Å². The molecule has 0 aliphatic carbocycles. The van der Waals surface area contributed by atoms with Crippen LogP contribution in [0.3, 0.4) is 0 Å². The fourth-order valence-electron chi connectivity index (χ4n) is 4.48. The zero-order valence-electron chi connectivity index (χ0n) is 17.5. The van der Waals surface area contributed by atoms with Crippen molar-refractivity contribution in [3.05, 3.63) is 90.0 Å². The van der Waals surface area contributed by atoms with E-state index in [9.17, 15) is 9.59 Å². The molecule has 0 bridgehead atoms. The van der Waals surface area contributed by atoms with Crippen LogP contribution < -0.4 is 5.32 Å². The number of fused-ring (bicyclic) bond motifs is 1. The molecule has 2 aliphatic rings.